The average Bonchev–Trinajstić information content (AvgIpc) is 3.13. The van der Waals surface area contributed by atoms with Crippen molar-refractivity contribution in [3.63, 3.8) is 0 Å². The number of fused-ring (bicyclic) bond motifs is 2. The van der Waals surface area contributed by atoms with E-state index in [2.05, 4.69) is 0 Å². The Labute approximate surface area is 166 Å². The minimum absolute atomic E-state index is 0.0727. The van der Waals surface area contributed by atoms with Gasteiger partial charge in [0.1, 0.15) is 11.4 Å². The summed E-state index contributed by atoms with van der Waals surface area (Å²) in [6, 6.07) is 0. The molecule has 0 radical (unpaired) electrons. The van der Waals surface area contributed by atoms with Crippen LogP contribution in [0.4, 0.5) is 0 Å². The quantitative estimate of drug-likeness (QED) is 0.535. The second kappa shape index (κ2) is 6.17. The van der Waals surface area contributed by atoms with Crippen LogP contribution in [0.25, 0.3) is 0 Å². The molecule has 3 atom stereocenters. The van der Waals surface area contributed by atoms with E-state index in [1.165, 1.54) is 19.3 Å². The lowest BCUT2D eigenvalue weighted by molar-refractivity contribution is -0.203. The van der Waals surface area contributed by atoms with Crippen molar-refractivity contribution in [2.45, 2.75) is 64.4 Å². The van der Waals surface area contributed by atoms with Crippen LogP contribution in [-0.4, -0.2) is 29.9 Å². The van der Waals surface area contributed by atoms with Gasteiger partial charge < -0.3 is 9.47 Å². The summed E-state index contributed by atoms with van der Waals surface area (Å²) in [6.45, 7) is 3.72. The average molecular weight is 386 g/mol. The first-order chi connectivity index (χ1) is 13.3. The van der Waals surface area contributed by atoms with Crippen LogP contribution in [0.2, 0.25) is 0 Å². The van der Waals surface area contributed by atoms with Crippen LogP contribution in [0.3, 0.4) is 0 Å². The molecule has 6 rings (SSSR count). The van der Waals surface area contributed by atoms with Gasteiger partial charge >= 0.3 is 11.9 Å². The van der Waals surface area contributed by atoms with Gasteiger partial charge in [-0.05, 0) is 76.5 Å². The van der Waals surface area contributed by atoms with E-state index in [9.17, 15) is 14.4 Å². The Bertz CT molecular complexity index is 713. The van der Waals surface area contributed by atoms with Gasteiger partial charge in [0.15, 0.2) is 6.61 Å². The Morgan fingerprint density at radius 3 is 2.14 bits per heavy atom. The summed E-state index contributed by atoms with van der Waals surface area (Å²) in [4.78, 5) is 36.8. The van der Waals surface area contributed by atoms with E-state index in [0.29, 0.717) is 6.42 Å². The molecule has 0 amide bonds. The summed E-state index contributed by atoms with van der Waals surface area (Å²) >= 11 is 0. The summed E-state index contributed by atoms with van der Waals surface area (Å²) < 4.78 is 11.2. The van der Waals surface area contributed by atoms with Crippen LogP contribution in [0.1, 0.15) is 58.8 Å². The van der Waals surface area contributed by atoms with E-state index in [1.807, 2.05) is 19.9 Å². The van der Waals surface area contributed by atoms with E-state index >= 15 is 0 Å². The zero-order valence-corrected chi connectivity index (χ0v) is 16.8. The number of esters is 2. The third kappa shape index (κ3) is 2.76. The van der Waals surface area contributed by atoms with Crippen molar-refractivity contribution in [2.24, 2.45) is 40.9 Å². The number of Topliss-reactive ketones (excluding diaryl/α,β-unsaturated/α-hetero) is 1. The lowest BCUT2D eigenvalue weighted by Crippen LogP contribution is -2.57. The number of hydrogen-bond donors (Lipinski definition) is 0. The second-order valence-corrected chi connectivity index (χ2v) is 10.6. The first-order valence-corrected chi connectivity index (χ1v) is 10.9. The highest BCUT2D eigenvalue weighted by molar-refractivity contribution is 5.97. The monoisotopic (exact) mass is 386 g/mol. The molecule has 5 nitrogen and oxygen atoms in total. The molecule has 0 heterocycles. The third-order valence-electron chi connectivity index (χ3n) is 8.51. The van der Waals surface area contributed by atoms with Gasteiger partial charge in [0.2, 0.25) is 0 Å². The van der Waals surface area contributed by atoms with Crippen LogP contribution < -0.4 is 0 Å². The van der Waals surface area contributed by atoms with Crippen molar-refractivity contribution in [1.82, 2.24) is 0 Å². The molecule has 0 N–H and O–H groups in total. The molecule has 6 aliphatic carbocycles. The van der Waals surface area contributed by atoms with Crippen LogP contribution in [0.15, 0.2) is 12.2 Å². The Morgan fingerprint density at radius 2 is 1.64 bits per heavy atom. The molecule has 6 bridgehead atoms. The molecular formula is C23H30O5. The summed E-state index contributed by atoms with van der Waals surface area (Å²) in [5.41, 5.74) is -0.471. The van der Waals surface area contributed by atoms with E-state index in [-0.39, 0.29) is 29.6 Å². The fourth-order valence-electron chi connectivity index (χ4n) is 7.39. The van der Waals surface area contributed by atoms with Crippen LogP contribution in [0.5, 0.6) is 0 Å². The lowest BCUT2D eigenvalue weighted by Gasteiger charge is -2.61. The standard InChI is InChI=1S/C23H30O5/c1-22(2,23-9-13-5-14(10-23)7-15(6-13)11-23)28-19(24)12-27-21(26)18-8-16-3-4-17(18)20(16)25/h3-4,13-18H,5-12H2,1-2H3. The fourth-order valence-corrected chi connectivity index (χ4v) is 7.39. The molecule has 0 saturated heterocycles. The molecule has 0 spiro atoms. The van der Waals surface area contributed by atoms with E-state index in [4.69, 9.17) is 9.47 Å². The summed E-state index contributed by atoms with van der Waals surface area (Å²) in [5, 5.41) is 0. The van der Waals surface area contributed by atoms with Crippen molar-refractivity contribution in [2.75, 3.05) is 6.61 Å². The predicted octanol–water partition coefficient (Wildman–Crippen LogP) is 3.46. The number of allylic oxidation sites excluding steroid dienone is 2. The lowest BCUT2D eigenvalue weighted by atomic mass is 9.46. The summed E-state index contributed by atoms with van der Waals surface area (Å²) in [7, 11) is 0. The number of carbonyl (C=O) groups excluding carboxylic acids is 3. The maximum Gasteiger partial charge on any atom is 0.344 e. The molecule has 5 heteroatoms. The van der Waals surface area contributed by atoms with Gasteiger partial charge in [-0.15, -0.1) is 0 Å². The van der Waals surface area contributed by atoms with Gasteiger partial charge in [0, 0.05) is 17.3 Å². The van der Waals surface area contributed by atoms with Gasteiger partial charge in [-0.1, -0.05) is 12.2 Å². The van der Waals surface area contributed by atoms with Crippen molar-refractivity contribution in [3.8, 4) is 0 Å². The third-order valence-corrected chi connectivity index (χ3v) is 8.51. The van der Waals surface area contributed by atoms with E-state index in [1.54, 1.807) is 6.08 Å². The van der Waals surface area contributed by atoms with Crippen LogP contribution in [-0.2, 0) is 23.9 Å². The molecule has 0 aromatic rings. The van der Waals surface area contributed by atoms with Gasteiger partial charge in [-0.25, -0.2) is 4.79 Å². The second-order valence-electron chi connectivity index (χ2n) is 10.6. The zero-order valence-electron chi connectivity index (χ0n) is 16.8. The Hall–Kier alpha value is -1.65. The smallest absolute Gasteiger partial charge is 0.344 e. The maximum absolute atomic E-state index is 12.5. The first-order valence-electron chi connectivity index (χ1n) is 10.9. The summed E-state index contributed by atoms with van der Waals surface area (Å²) in [5.74, 6) is 0.579. The number of carbonyl (C=O) groups is 3. The molecule has 152 valence electrons. The van der Waals surface area contributed by atoms with Gasteiger partial charge in [-0.2, -0.15) is 0 Å². The van der Waals surface area contributed by atoms with Crippen molar-refractivity contribution < 1.29 is 23.9 Å². The van der Waals surface area contributed by atoms with E-state index in [0.717, 1.165) is 37.0 Å². The molecule has 0 aliphatic heterocycles. The number of ether oxygens (including phenoxy) is 2. The van der Waals surface area contributed by atoms with Crippen molar-refractivity contribution >= 4 is 17.7 Å². The first kappa shape index (κ1) is 18.4. The molecule has 0 aromatic carbocycles. The minimum Gasteiger partial charge on any atom is -0.457 e. The van der Waals surface area contributed by atoms with Crippen LogP contribution >= 0.6 is 0 Å². The number of rotatable bonds is 5. The Balaban J connectivity index is 1.18. The van der Waals surface area contributed by atoms with Crippen molar-refractivity contribution in [3.05, 3.63) is 12.2 Å². The molecule has 5 fully saturated rings. The summed E-state index contributed by atoms with van der Waals surface area (Å²) in [6.07, 6.45) is 11.7. The number of hydrogen-bond acceptors (Lipinski definition) is 5. The Morgan fingerprint density at radius 1 is 1.04 bits per heavy atom. The zero-order chi connectivity index (χ0) is 19.7. The van der Waals surface area contributed by atoms with Gasteiger partial charge in [0.25, 0.3) is 0 Å². The fraction of sp³-hybridized carbons (Fsp3) is 0.783. The highest BCUT2D eigenvalue weighted by atomic mass is 16.6. The Kier molecular flexibility index (Phi) is 4.05. The van der Waals surface area contributed by atoms with Gasteiger partial charge in [0.05, 0.1) is 5.92 Å². The molecule has 6 aliphatic rings. The molecular weight excluding hydrogens is 356 g/mol. The molecule has 0 aromatic heterocycles. The SMILES string of the molecule is CC(C)(OC(=O)COC(=O)C1CC2C=CC1C2=O)C12CC3CC(CC(C3)C1)C2. The van der Waals surface area contributed by atoms with E-state index < -0.39 is 23.5 Å². The maximum atomic E-state index is 12.5. The largest absolute Gasteiger partial charge is 0.457 e. The van der Waals surface area contributed by atoms with Gasteiger partial charge in [-0.3, -0.25) is 9.59 Å². The highest BCUT2D eigenvalue weighted by Crippen LogP contribution is 2.64. The normalized spacial score (nSPS) is 42.9. The molecule has 3 unspecified atom stereocenters. The minimum atomic E-state index is -0.544. The molecule has 5 saturated carbocycles. The topological polar surface area (TPSA) is 69.7 Å². The predicted molar refractivity (Wildman–Crippen MR) is 101 cm³/mol. The molecule has 28 heavy (non-hydrogen) atoms. The van der Waals surface area contributed by atoms with Crippen LogP contribution in [0, 0.1) is 40.9 Å². The highest BCUT2D eigenvalue weighted by Gasteiger charge is 2.58. The van der Waals surface area contributed by atoms with Crippen molar-refractivity contribution in [1.29, 1.82) is 0 Å². The number of ketones is 1.